The summed E-state index contributed by atoms with van der Waals surface area (Å²) < 4.78 is 9.89. The average Bonchev–Trinajstić information content (AvgIpc) is 3.42. The second kappa shape index (κ2) is 10.0. The maximum absolute atomic E-state index is 11.8. The summed E-state index contributed by atoms with van der Waals surface area (Å²) in [4.78, 5) is 37.0. The second-order valence-corrected chi connectivity index (χ2v) is 6.93. The lowest BCUT2D eigenvalue weighted by molar-refractivity contribution is -0.143. The van der Waals surface area contributed by atoms with Gasteiger partial charge in [-0.15, -0.1) is 11.3 Å². The molecule has 7 nitrogen and oxygen atoms in total. The molecule has 29 heavy (non-hydrogen) atoms. The quantitative estimate of drug-likeness (QED) is 0.458. The van der Waals surface area contributed by atoms with Gasteiger partial charge in [-0.05, 0) is 35.9 Å². The number of amides is 3. The van der Waals surface area contributed by atoms with Crippen molar-refractivity contribution in [3.05, 3.63) is 77.6 Å². The Kier molecular flexibility index (Phi) is 6.96. The van der Waals surface area contributed by atoms with Crippen LogP contribution in [0.1, 0.15) is 10.6 Å². The Balaban J connectivity index is 1.39. The summed E-state index contributed by atoms with van der Waals surface area (Å²) in [6, 6.07) is 16.4. The summed E-state index contributed by atoms with van der Waals surface area (Å²) in [7, 11) is 0. The number of carbonyl (C=O) groups is 3. The van der Waals surface area contributed by atoms with Crippen LogP contribution in [-0.4, -0.2) is 24.5 Å². The molecule has 2 N–H and O–H groups in total. The zero-order chi connectivity index (χ0) is 20.5. The Labute approximate surface area is 171 Å². The van der Waals surface area contributed by atoms with Crippen molar-refractivity contribution in [3.63, 3.8) is 0 Å². The maximum Gasteiger partial charge on any atom is 0.331 e. The predicted octanol–water partition coefficient (Wildman–Crippen LogP) is 3.59. The van der Waals surface area contributed by atoms with Crippen LogP contribution < -0.4 is 10.6 Å². The minimum Gasteiger partial charge on any atom is -0.467 e. The van der Waals surface area contributed by atoms with E-state index in [9.17, 15) is 14.4 Å². The van der Waals surface area contributed by atoms with Crippen molar-refractivity contribution >= 4 is 35.3 Å². The van der Waals surface area contributed by atoms with Crippen molar-refractivity contribution in [1.82, 2.24) is 10.6 Å². The van der Waals surface area contributed by atoms with Gasteiger partial charge in [-0.2, -0.15) is 0 Å². The fourth-order valence-electron chi connectivity index (χ4n) is 2.32. The van der Waals surface area contributed by atoms with Crippen molar-refractivity contribution < 1.29 is 23.5 Å². The fraction of sp³-hybridized carbons (Fsp3) is 0.0952. The highest BCUT2D eigenvalue weighted by Gasteiger charge is 2.10. The van der Waals surface area contributed by atoms with Crippen LogP contribution in [0.3, 0.4) is 0 Å². The lowest BCUT2D eigenvalue weighted by atomic mass is 10.2. The van der Waals surface area contributed by atoms with Crippen molar-refractivity contribution in [3.8, 4) is 10.4 Å². The molecular formula is C21H18N2O5S. The van der Waals surface area contributed by atoms with Gasteiger partial charge in [-0.1, -0.05) is 30.3 Å². The van der Waals surface area contributed by atoms with Crippen LogP contribution in [-0.2, 0) is 20.9 Å². The summed E-state index contributed by atoms with van der Waals surface area (Å²) in [5.74, 6) is -0.856. The van der Waals surface area contributed by atoms with E-state index >= 15 is 0 Å². The van der Waals surface area contributed by atoms with Crippen LogP contribution >= 0.6 is 11.3 Å². The molecule has 0 fully saturated rings. The number of carbonyl (C=O) groups excluding carboxylic acids is 3. The van der Waals surface area contributed by atoms with Crippen LogP contribution in [0.2, 0.25) is 0 Å². The molecule has 0 aliphatic rings. The number of urea groups is 1. The number of imide groups is 1. The minimum atomic E-state index is -0.730. The number of thiophene rings is 1. The zero-order valence-corrected chi connectivity index (χ0v) is 16.1. The smallest absolute Gasteiger partial charge is 0.331 e. The van der Waals surface area contributed by atoms with E-state index in [2.05, 4.69) is 10.6 Å². The highest BCUT2D eigenvalue weighted by molar-refractivity contribution is 7.16. The largest absolute Gasteiger partial charge is 0.467 e. The topological polar surface area (TPSA) is 97.6 Å². The standard InChI is InChI=1S/C21H18N2O5S/c24-19(23-21(26)22-13-16-7-4-12-27-16)14-28-20(25)11-9-17-8-10-18(29-17)15-5-2-1-3-6-15/h1-12H,13-14H2,(H2,22,23,24,26)/b11-9+. The Morgan fingerprint density at radius 1 is 1.03 bits per heavy atom. The molecule has 0 saturated heterocycles. The van der Waals surface area contributed by atoms with Crippen LogP contribution in [0.25, 0.3) is 16.5 Å². The lowest BCUT2D eigenvalue weighted by Crippen LogP contribution is -2.41. The van der Waals surface area contributed by atoms with E-state index < -0.39 is 24.5 Å². The molecule has 3 amide bonds. The van der Waals surface area contributed by atoms with E-state index in [4.69, 9.17) is 9.15 Å². The SMILES string of the molecule is O=C(COC(=O)/C=C/c1ccc(-c2ccccc2)s1)NC(=O)NCc1ccco1. The Hall–Kier alpha value is -3.65. The number of hydrogen-bond donors (Lipinski definition) is 2. The number of rotatable bonds is 7. The van der Waals surface area contributed by atoms with Crippen molar-refractivity contribution in [1.29, 1.82) is 0 Å². The van der Waals surface area contributed by atoms with Gasteiger partial charge in [0.1, 0.15) is 5.76 Å². The van der Waals surface area contributed by atoms with Crippen molar-refractivity contribution in [2.24, 2.45) is 0 Å². The molecule has 0 aliphatic carbocycles. The first kappa shape index (κ1) is 20.1. The van der Waals surface area contributed by atoms with Gasteiger partial charge in [0, 0.05) is 15.8 Å². The molecule has 0 unspecified atom stereocenters. The van der Waals surface area contributed by atoms with E-state index in [1.165, 1.54) is 23.7 Å². The van der Waals surface area contributed by atoms with Gasteiger partial charge in [0.15, 0.2) is 6.61 Å². The maximum atomic E-state index is 11.8. The number of esters is 1. The molecule has 3 aromatic rings. The normalized spacial score (nSPS) is 10.6. The third-order valence-corrected chi connectivity index (χ3v) is 4.77. The minimum absolute atomic E-state index is 0.139. The summed E-state index contributed by atoms with van der Waals surface area (Å²) >= 11 is 1.53. The molecule has 0 radical (unpaired) electrons. The Morgan fingerprint density at radius 2 is 1.86 bits per heavy atom. The molecule has 2 heterocycles. The molecule has 0 spiro atoms. The highest BCUT2D eigenvalue weighted by Crippen LogP contribution is 2.28. The number of nitrogens with one attached hydrogen (secondary N) is 2. The van der Waals surface area contributed by atoms with Gasteiger partial charge >= 0.3 is 12.0 Å². The molecule has 1 aromatic carbocycles. The summed E-state index contributed by atoms with van der Waals surface area (Å²) in [6.45, 7) is -0.419. The molecule has 0 saturated carbocycles. The van der Waals surface area contributed by atoms with Gasteiger partial charge in [0.2, 0.25) is 0 Å². The van der Waals surface area contributed by atoms with Crippen LogP contribution in [0, 0.1) is 0 Å². The van der Waals surface area contributed by atoms with E-state index in [1.54, 1.807) is 18.2 Å². The fourth-order valence-corrected chi connectivity index (χ4v) is 3.24. The lowest BCUT2D eigenvalue weighted by Gasteiger charge is -2.05. The van der Waals surface area contributed by atoms with Crippen LogP contribution in [0.5, 0.6) is 0 Å². The molecule has 148 valence electrons. The first-order chi connectivity index (χ1) is 14.1. The first-order valence-electron chi connectivity index (χ1n) is 8.70. The average molecular weight is 410 g/mol. The van der Waals surface area contributed by atoms with E-state index in [0.29, 0.717) is 5.76 Å². The number of benzene rings is 1. The molecule has 3 rings (SSSR count). The number of hydrogen-bond acceptors (Lipinski definition) is 6. The van der Waals surface area contributed by atoms with E-state index in [0.717, 1.165) is 15.3 Å². The monoisotopic (exact) mass is 410 g/mol. The predicted molar refractivity (Wildman–Crippen MR) is 109 cm³/mol. The molecular weight excluding hydrogens is 392 g/mol. The first-order valence-corrected chi connectivity index (χ1v) is 9.52. The molecule has 8 heteroatoms. The third kappa shape index (κ3) is 6.47. The zero-order valence-electron chi connectivity index (χ0n) is 15.3. The van der Waals surface area contributed by atoms with E-state index in [1.807, 2.05) is 42.5 Å². The Morgan fingerprint density at radius 3 is 2.62 bits per heavy atom. The van der Waals surface area contributed by atoms with Crippen LogP contribution in [0.15, 0.2) is 71.4 Å². The Bertz CT molecular complexity index is 993. The summed E-state index contributed by atoms with van der Waals surface area (Å²) in [5, 5.41) is 4.51. The third-order valence-electron chi connectivity index (χ3n) is 3.67. The second-order valence-electron chi connectivity index (χ2n) is 5.82. The highest BCUT2D eigenvalue weighted by atomic mass is 32.1. The van der Waals surface area contributed by atoms with Gasteiger partial charge in [-0.25, -0.2) is 9.59 Å². The summed E-state index contributed by atoms with van der Waals surface area (Å²) in [6.07, 6.45) is 4.34. The van der Waals surface area contributed by atoms with Crippen molar-refractivity contribution in [2.75, 3.05) is 6.61 Å². The number of ether oxygens (including phenoxy) is 1. The molecule has 0 bridgehead atoms. The van der Waals surface area contributed by atoms with Gasteiger partial charge in [0.05, 0.1) is 12.8 Å². The van der Waals surface area contributed by atoms with Gasteiger partial charge in [-0.3, -0.25) is 10.1 Å². The van der Waals surface area contributed by atoms with Crippen LogP contribution in [0.4, 0.5) is 4.79 Å². The summed E-state index contributed by atoms with van der Waals surface area (Å²) in [5.41, 5.74) is 1.10. The van der Waals surface area contributed by atoms with E-state index in [-0.39, 0.29) is 6.54 Å². The number of furan rings is 1. The van der Waals surface area contributed by atoms with Gasteiger partial charge in [0.25, 0.3) is 5.91 Å². The van der Waals surface area contributed by atoms with Crippen molar-refractivity contribution in [2.45, 2.75) is 6.54 Å². The van der Waals surface area contributed by atoms with Gasteiger partial charge < -0.3 is 14.5 Å². The molecule has 0 aliphatic heterocycles. The molecule has 2 aromatic heterocycles. The molecule has 0 atom stereocenters.